The number of ketones is 1. The number of nitrogens with one attached hydrogen (secondary N) is 1. The van der Waals surface area contributed by atoms with E-state index in [0.717, 1.165) is 37.7 Å². The minimum atomic E-state index is -0.543. The molecule has 0 aliphatic carbocycles. The summed E-state index contributed by atoms with van der Waals surface area (Å²) < 4.78 is 0. The molecule has 0 radical (unpaired) electrons. The predicted octanol–water partition coefficient (Wildman–Crippen LogP) is 5.87. The van der Waals surface area contributed by atoms with Gasteiger partial charge in [-0.1, -0.05) is 54.4 Å². The molecule has 5 heteroatoms. The van der Waals surface area contributed by atoms with E-state index in [2.05, 4.69) is 18.3 Å². The Morgan fingerprint density at radius 1 is 1.17 bits per heavy atom. The van der Waals surface area contributed by atoms with E-state index in [-0.39, 0.29) is 23.7 Å². The van der Waals surface area contributed by atoms with Crippen LogP contribution in [0, 0.1) is 11.3 Å². The van der Waals surface area contributed by atoms with Crippen molar-refractivity contribution in [1.29, 1.82) is 0 Å². The lowest BCUT2D eigenvalue weighted by Gasteiger charge is -2.46. The highest BCUT2D eigenvalue weighted by atomic mass is 35.5. The fraction of sp³-hybridized carbons (Fsp3) is 0.440. The molecule has 3 rings (SSSR count). The lowest BCUT2D eigenvalue weighted by Crippen LogP contribution is -2.55. The molecule has 1 heterocycles. The van der Waals surface area contributed by atoms with Crippen LogP contribution in [-0.4, -0.2) is 24.7 Å². The van der Waals surface area contributed by atoms with Crippen molar-refractivity contribution in [1.82, 2.24) is 5.32 Å². The Morgan fingerprint density at radius 3 is 2.53 bits per heavy atom. The zero-order valence-electron chi connectivity index (χ0n) is 17.5. The Labute approximate surface area is 189 Å². The van der Waals surface area contributed by atoms with Crippen LogP contribution in [-0.2, 0) is 16.0 Å². The van der Waals surface area contributed by atoms with Gasteiger partial charge in [0.1, 0.15) is 12.1 Å². The zero-order chi connectivity index (χ0) is 21.7. The molecule has 0 amide bonds. The maximum absolute atomic E-state index is 12.9. The third-order valence-corrected chi connectivity index (χ3v) is 7.15. The van der Waals surface area contributed by atoms with Crippen LogP contribution >= 0.6 is 23.2 Å². The minimum absolute atomic E-state index is 0.0244. The second-order valence-corrected chi connectivity index (χ2v) is 9.52. The van der Waals surface area contributed by atoms with Crippen molar-refractivity contribution in [2.45, 2.75) is 51.5 Å². The summed E-state index contributed by atoms with van der Waals surface area (Å²) in [6.07, 6.45) is 3.91. The second-order valence-electron chi connectivity index (χ2n) is 8.65. The van der Waals surface area contributed by atoms with Crippen LogP contribution < -0.4 is 5.32 Å². The van der Waals surface area contributed by atoms with Crippen LogP contribution in [0.3, 0.4) is 0 Å². The first-order chi connectivity index (χ1) is 14.3. The average molecular weight is 446 g/mol. The lowest BCUT2D eigenvalue weighted by molar-refractivity contribution is -0.129. The molecule has 2 aromatic rings. The number of aldehydes is 1. The molecular weight excluding hydrogens is 417 g/mol. The molecule has 160 valence electrons. The van der Waals surface area contributed by atoms with Gasteiger partial charge < -0.3 is 10.1 Å². The van der Waals surface area contributed by atoms with Gasteiger partial charge in [0.25, 0.3) is 0 Å². The van der Waals surface area contributed by atoms with Crippen molar-refractivity contribution in [2.75, 3.05) is 6.54 Å². The van der Waals surface area contributed by atoms with Gasteiger partial charge in [0.2, 0.25) is 0 Å². The first kappa shape index (κ1) is 23.0. The molecule has 1 aliphatic rings. The Hall–Kier alpha value is -1.68. The van der Waals surface area contributed by atoms with Gasteiger partial charge >= 0.3 is 0 Å². The van der Waals surface area contributed by atoms with Crippen LogP contribution in [0.4, 0.5) is 0 Å². The van der Waals surface area contributed by atoms with Gasteiger partial charge in [0, 0.05) is 33.8 Å². The fourth-order valence-electron chi connectivity index (χ4n) is 4.67. The maximum Gasteiger partial charge on any atom is 0.137 e. The van der Waals surface area contributed by atoms with Gasteiger partial charge in [-0.05, 0) is 74.0 Å². The first-order valence-electron chi connectivity index (χ1n) is 10.5. The number of carbonyl (C=O) groups excluding carboxylic acids is 2. The largest absolute Gasteiger partial charge is 0.312 e. The van der Waals surface area contributed by atoms with E-state index in [1.807, 2.05) is 42.5 Å². The number of piperidine rings is 1. The molecule has 0 spiro atoms. The molecule has 0 saturated carbocycles. The van der Waals surface area contributed by atoms with E-state index >= 15 is 0 Å². The van der Waals surface area contributed by atoms with Crippen LogP contribution in [0.5, 0.6) is 0 Å². The van der Waals surface area contributed by atoms with Crippen LogP contribution in [0.1, 0.15) is 50.2 Å². The Bertz CT molecular complexity index is 883. The highest BCUT2D eigenvalue weighted by Gasteiger charge is 2.45. The molecule has 30 heavy (non-hydrogen) atoms. The van der Waals surface area contributed by atoms with Crippen LogP contribution in [0.15, 0.2) is 48.5 Å². The number of aryl methyl sites for hydroxylation is 1. The molecule has 4 atom stereocenters. The zero-order valence-corrected chi connectivity index (χ0v) is 19.0. The summed E-state index contributed by atoms with van der Waals surface area (Å²) in [7, 11) is 0. The molecule has 1 fully saturated rings. The van der Waals surface area contributed by atoms with Gasteiger partial charge in [-0.15, -0.1) is 0 Å². The number of benzene rings is 2. The monoisotopic (exact) mass is 445 g/mol. The minimum Gasteiger partial charge on any atom is -0.312 e. The van der Waals surface area contributed by atoms with Gasteiger partial charge in [0.05, 0.1) is 0 Å². The molecule has 1 N–H and O–H groups in total. The molecular formula is C25H29Cl2NO2. The summed E-state index contributed by atoms with van der Waals surface area (Å²) in [5, 5.41) is 5.05. The Morgan fingerprint density at radius 2 is 1.90 bits per heavy atom. The number of hydrogen-bond acceptors (Lipinski definition) is 3. The van der Waals surface area contributed by atoms with Crippen LogP contribution in [0.2, 0.25) is 10.0 Å². The van der Waals surface area contributed by atoms with E-state index < -0.39 is 5.41 Å². The summed E-state index contributed by atoms with van der Waals surface area (Å²) in [6.45, 7) is 4.50. The summed E-state index contributed by atoms with van der Waals surface area (Å²) in [6, 6.07) is 15.7. The Kier molecular flexibility index (Phi) is 7.73. The van der Waals surface area contributed by atoms with E-state index in [4.69, 9.17) is 23.2 Å². The van der Waals surface area contributed by atoms with E-state index in [1.165, 1.54) is 5.56 Å². The van der Waals surface area contributed by atoms with Crippen molar-refractivity contribution in [2.24, 2.45) is 11.3 Å². The number of rotatable bonds is 8. The fourth-order valence-corrected chi connectivity index (χ4v) is 5.00. The molecule has 1 saturated heterocycles. The van der Waals surface area contributed by atoms with Gasteiger partial charge in [-0.25, -0.2) is 0 Å². The second kappa shape index (κ2) is 10.1. The topological polar surface area (TPSA) is 46.2 Å². The smallest absolute Gasteiger partial charge is 0.137 e. The quantitative estimate of drug-likeness (QED) is 0.516. The van der Waals surface area contributed by atoms with E-state index in [9.17, 15) is 9.59 Å². The number of carbonyl (C=O) groups is 2. The number of Topliss-reactive ketones (excluding diaryl/α,β-unsaturated/α-hetero) is 1. The average Bonchev–Trinajstić information content (AvgIpc) is 2.73. The van der Waals surface area contributed by atoms with Gasteiger partial charge in [0.15, 0.2) is 0 Å². The summed E-state index contributed by atoms with van der Waals surface area (Å²) >= 11 is 12.3. The van der Waals surface area contributed by atoms with E-state index in [0.29, 0.717) is 16.5 Å². The SMILES string of the molecule is CC(=O)C(C)(CCc1ccc(Cl)cc1)[C@H]1NC[C@@H](CC=O)C[C@@H]1c1cccc(Cl)c1. The lowest BCUT2D eigenvalue weighted by atomic mass is 9.64. The molecule has 0 bridgehead atoms. The number of halogens is 2. The standard InChI is InChI=1S/C25H29Cl2NO2/c1-17(30)25(2,12-10-18-6-8-21(26)9-7-18)24-23(14-19(11-13-29)16-28-24)20-4-3-5-22(27)15-20/h3-9,13,15,19,23-24,28H,10-12,14,16H2,1-2H3/t19-,23+,24-,25?/m0/s1. The Balaban J connectivity index is 1.90. The number of hydrogen-bond donors (Lipinski definition) is 1. The third kappa shape index (κ3) is 5.32. The van der Waals surface area contributed by atoms with Crippen molar-refractivity contribution >= 4 is 35.3 Å². The van der Waals surface area contributed by atoms with Crippen LogP contribution in [0.25, 0.3) is 0 Å². The third-order valence-electron chi connectivity index (χ3n) is 6.66. The first-order valence-corrected chi connectivity index (χ1v) is 11.3. The highest BCUT2D eigenvalue weighted by Crippen LogP contribution is 2.43. The summed E-state index contributed by atoms with van der Waals surface area (Å²) in [4.78, 5) is 24.1. The van der Waals surface area contributed by atoms with Crippen molar-refractivity contribution < 1.29 is 9.59 Å². The molecule has 1 unspecified atom stereocenters. The van der Waals surface area contributed by atoms with Crippen molar-refractivity contribution in [3.8, 4) is 0 Å². The summed E-state index contributed by atoms with van der Waals surface area (Å²) in [5.74, 6) is 0.548. The van der Waals surface area contributed by atoms with Crippen molar-refractivity contribution in [3.05, 3.63) is 69.7 Å². The van der Waals surface area contributed by atoms with Gasteiger partial charge in [-0.3, -0.25) is 4.79 Å². The van der Waals surface area contributed by atoms with Gasteiger partial charge in [-0.2, -0.15) is 0 Å². The maximum atomic E-state index is 12.9. The molecule has 3 nitrogen and oxygen atoms in total. The predicted molar refractivity (Wildman–Crippen MR) is 123 cm³/mol. The molecule has 2 aromatic carbocycles. The van der Waals surface area contributed by atoms with Crippen molar-refractivity contribution in [3.63, 3.8) is 0 Å². The highest BCUT2D eigenvalue weighted by molar-refractivity contribution is 6.30. The normalized spacial score (nSPS) is 23.5. The summed E-state index contributed by atoms with van der Waals surface area (Å²) in [5.41, 5.74) is 1.74. The van der Waals surface area contributed by atoms with E-state index in [1.54, 1.807) is 6.92 Å². The molecule has 1 aliphatic heterocycles. The molecule has 0 aromatic heterocycles.